The Morgan fingerprint density at radius 3 is 2.44 bits per heavy atom. The van der Waals surface area contributed by atoms with E-state index >= 15 is 0 Å². The smallest absolute Gasteiger partial charge is 0.339 e. The number of aryl methyl sites for hydroxylation is 1. The summed E-state index contributed by atoms with van der Waals surface area (Å²) < 4.78 is 37.5. The Hall–Kier alpha value is -2.19. The molecule has 0 fully saturated rings. The number of nitrogens with one attached hydrogen (secondary N) is 1. The highest BCUT2D eigenvalue weighted by Crippen LogP contribution is 2.35. The second-order valence-corrected chi connectivity index (χ2v) is 10.5. The molecule has 0 atom stereocenters. The summed E-state index contributed by atoms with van der Waals surface area (Å²) in [4.78, 5) is 12.2. The summed E-state index contributed by atoms with van der Waals surface area (Å²) in [5.74, 6) is -0.0442. The largest absolute Gasteiger partial charge is 0.493 e. The first-order valence-corrected chi connectivity index (χ1v) is 12.7. The molecular formula is C22H18I2N2O5S. The van der Waals surface area contributed by atoms with Crippen molar-refractivity contribution in [2.75, 3.05) is 7.11 Å². The number of ether oxygens (including phenoxy) is 1. The van der Waals surface area contributed by atoms with Crippen molar-refractivity contribution in [2.45, 2.75) is 11.8 Å². The summed E-state index contributed by atoms with van der Waals surface area (Å²) in [7, 11) is -2.62. The Morgan fingerprint density at radius 2 is 1.78 bits per heavy atom. The highest BCUT2D eigenvalue weighted by molar-refractivity contribution is 14.1. The lowest BCUT2D eigenvalue weighted by atomic mass is 10.2. The van der Waals surface area contributed by atoms with Gasteiger partial charge in [-0.3, -0.25) is 4.79 Å². The highest BCUT2D eigenvalue weighted by atomic mass is 127. The SMILES string of the molecule is COc1cc(/C=N\NC(=O)c2cccc(I)c2)cc(I)c1OS(=O)(=O)c1ccc(C)cc1. The third kappa shape index (κ3) is 6.19. The van der Waals surface area contributed by atoms with Gasteiger partial charge < -0.3 is 8.92 Å². The van der Waals surface area contributed by atoms with Gasteiger partial charge in [-0.2, -0.15) is 13.5 Å². The van der Waals surface area contributed by atoms with Gasteiger partial charge in [0.1, 0.15) is 4.90 Å². The highest BCUT2D eigenvalue weighted by Gasteiger charge is 2.21. The fourth-order valence-electron chi connectivity index (χ4n) is 2.62. The average Bonchev–Trinajstić information content (AvgIpc) is 2.75. The number of carbonyl (C=O) groups excluding carboxylic acids is 1. The molecule has 3 rings (SSSR count). The van der Waals surface area contributed by atoms with Crippen LogP contribution in [0.5, 0.6) is 11.5 Å². The first kappa shape index (κ1) is 24.5. The van der Waals surface area contributed by atoms with Gasteiger partial charge in [0, 0.05) is 9.13 Å². The van der Waals surface area contributed by atoms with Gasteiger partial charge in [0.05, 0.1) is 16.9 Å². The zero-order valence-electron chi connectivity index (χ0n) is 17.0. The van der Waals surface area contributed by atoms with Crippen molar-refractivity contribution >= 4 is 67.4 Å². The van der Waals surface area contributed by atoms with Gasteiger partial charge in [0.25, 0.3) is 5.91 Å². The minimum atomic E-state index is -4.04. The number of benzene rings is 3. The number of carbonyl (C=O) groups is 1. The lowest BCUT2D eigenvalue weighted by Crippen LogP contribution is -2.17. The average molecular weight is 676 g/mol. The molecule has 0 radical (unpaired) electrons. The summed E-state index contributed by atoms with van der Waals surface area (Å²) in [6, 6.07) is 16.7. The third-order valence-electron chi connectivity index (χ3n) is 4.22. The normalized spacial score (nSPS) is 11.4. The molecule has 0 spiro atoms. The van der Waals surface area contributed by atoms with E-state index in [4.69, 9.17) is 8.92 Å². The molecule has 0 aliphatic carbocycles. The number of hydrogen-bond donors (Lipinski definition) is 1. The molecule has 1 N–H and O–H groups in total. The van der Waals surface area contributed by atoms with E-state index in [9.17, 15) is 13.2 Å². The van der Waals surface area contributed by atoms with Gasteiger partial charge in [-0.05, 0) is 100 Å². The van der Waals surface area contributed by atoms with E-state index in [2.05, 4.69) is 33.1 Å². The number of hydrazone groups is 1. The van der Waals surface area contributed by atoms with E-state index in [1.807, 2.05) is 35.6 Å². The van der Waals surface area contributed by atoms with Crippen LogP contribution in [0.2, 0.25) is 0 Å². The van der Waals surface area contributed by atoms with Gasteiger partial charge in [0.2, 0.25) is 0 Å². The van der Waals surface area contributed by atoms with Crippen LogP contribution in [-0.4, -0.2) is 27.6 Å². The molecule has 0 aliphatic rings. The molecular weight excluding hydrogens is 658 g/mol. The number of rotatable bonds is 7. The van der Waals surface area contributed by atoms with E-state index in [0.717, 1.165) is 9.13 Å². The lowest BCUT2D eigenvalue weighted by Gasteiger charge is -2.13. The number of halogens is 2. The standard InChI is InChI=1S/C22H18I2N2O5S/c1-14-6-8-18(9-7-14)32(28,29)31-21-19(24)10-15(11-20(21)30-2)13-25-26-22(27)16-4-3-5-17(23)12-16/h3-13H,1-2H3,(H,26,27)/b25-13-. The van der Waals surface area contributed by atoms with Crippen LogP contribution in [-0.2, 0) is 10.1 Å². The number of amides is 1. The van der Waals surface area contributed by atoms with Crippen LogP contribution in [0, 0.1) is 14.1 Å². The molecule has 0 saturated carbocycles. The molecule has 1 amide bonds. The van der Waals surface area contributed by atoms with Crippen molar-refractivity contribution in [2.24, 2.45) is 5.10 Å². The monoisotopic (exact) mass is 676 g/mol. The summed E-state index contributed by atoms with van der Waals surface area (Å²) in [6.07, 6.45) is 1.44. The number of hydrogen-bond acceptors (Lipinski definition) is 6. The summed E-state index contributed by atoms with van der Waals surface area (Å²) in [6.45, 7) is 1.87. The zero-order valence-corrected chi connectivity index (χ0v) is 22.1. The summed E-state index contributed by atoms with van der Waals surface area (Å²) in [5.41, 5.74) is 4.49. The van der Waals surface area contributed by atoms with Crippen molar-refractivity contribution in [1.82, 2.24) is 5.43 Å². The van der Waals surface area contributed by atoms with Crippen LogP contribution < -0.4 is 14.3 Å². The molecule has 3 aromatic rings. The minimum Gasteiger partial charge on any atom is -0.493 e. The molecule has 0 aromatic heterocycles. The zero-order chi connectivity index (χ0) is 23.3. The van der Waals surface area contributed by atoms with E-state index in [-0.39, 0.29) is 22.3 Å². The van der Waals surface area contributed by atoms with E-state index in [1.165, 1.54) is 25.5 Å². The quantitative estimate of drug-likeness (QED) is 0.169. The number of methoxy groups -OCH3 is 1. The Morgan fingerprint density at radius 1 is 1.06 bits per heavy atom. The second-order valence-electron chi connectivity index (χ2n) is 6.59. The Bertz CT molecular complexity index is 1280. The molecule has 0 bridgehead atoms. The molecule has 0 saturated heterocycles. The van der Waals surface area contributed by atoms with Crippen molar-refractivity contribution in [3.63, 3.8) is 0 Å². The first-order chi connectivity index (χ1) is 15.2. The van der Waals surface area contributed by atoms with Crippen LogP contribution in [0.3, 0.4) is 0 Å². The van der Waals surface area contributed by atoms with Crippen LogP contribution in [0.25, 0.3) is 0 Å². The first-order valence-electron chi connectivity index (χ1n) is 9.17. The maximum Gasteiger partial charge on any atom is 0.339 e. The topological polar surface area (TPSA) is 94.1 Å². The van der Waals surface area contributed by atoms with Crippen LogP contribution in [0.1, 0.15) is 21.5 Å². The summed E-state index contributed by atoms with van der Waals surface area (Å²) >= 11 is 4.08. The Kier molecular flexibility index (Phi) is 8.11. The fourth-order valence-corrected chi connectivity index (χ4v) is 5.00. The summed E-state index contributed by atoms with van der Waals surface area (Å²) in [5, 5.41) is 3.98. The minimum absolute atomic E-state index is 0.0462. The molecule has 7 nitrogen and oxygen atoms in total. The van der Waals surface area contributed by atoms with Crippen molar-refractivity contribution in [3.8, 4) is 11.5 Å². The molecule has 32 heavy (non-hydrogen) atoms. The van der Waals surface area contributed by atoms with Crippen LogP contribution in [0.4, 0.5) is 0 Å². The van der Waals surface area contributed by atoms with Crippen molar-refractivity contribution < 1.29 is 22.1 Å². The van der Waals surface area contributed by atoms with Crippen LogP contribution in [0.15, 0.2) is 70.7 Å². The van der Waals surface area contributed by atoms with E-state index < -0.39 is 10.1 Å². The van der Waals surface area contributed by atoms with Crippen molar-refractivity contribution in [1.29, 1.82) is 0 Å². The van der Waals surface area contributed by atoms with E-state index in [1.54, 1.807) is 42.5 Å². The predicted molar refractivity (Wildman–Crippen MR) is 139 cm³/mol. The maximum atomic E-state index is 12.7. The van der Waals surface area contributed by atoms with Gasteiger partial charge in [-0.25, -0.2) is 5.43 Å². The van der Waals surface area contributed by atoms with Gasteiger partial charge in [-0.1, -0.05) is 23.8 Å². The lowest BCUT2D eigenvalue weighted by molar-refractivity contribution is 0.0955. The van der Waals surface area contributed by atoms with Gasteiger partial charge in [0.15, 0.2) is 11.5 Å². The molecule has 166 valence electrons. The molecule has 0 heterocycles. The maximum absolute atomic E-state index is 12.7. The molecule has 3 aromatic carbocycles. The Labute approximate surface area is 213 Å². The van der Waals surface area contributed by atoms with E-state index in [0.29, 0.717) is 14.7 Å². The number of nitrogens with zero attached hydrogens (tertiary/aromatic N) is 1. The predicted octanol–water partition coefficient (Wildman–Crippen LogP) is 4.74. The third-order valence-corrected chi connectivity index (χ3v) is 6.93. The van der Waals surface area contributed by atoms with Gasteiger partial charge in [-0.15, -0.1) is 0 Å². The fraction of sp³-hybridized carbons (Fsp3) is 0.0909. The Balaban J connectivity index is 1.79. The second kappa shape index (κ2) is 10.6. The molecule has 0 unspecified atom stereocenters. The van der Waals surface area contributed by atoms with Gasteiger partial charge >= 0.3 is 10.1 Å². The molecule has 0 aliphatic heterocycles. The van der Waals surface area contributed by atoms with Crippen molar-refractivity contribution in [3.05, 3.63) is 84.5 Å². The van der Waals surface area contributed by atoms with Crippen LogP contribution >= 0.6 is 45.2 Å². The molecule has 10 heteroatoms.